The number of unbranched alkanes of at least 4 members (excludes halogenated alkanes) is 25. The molecule has 0 radical (unpaired) electrons. The molecule has 71 heavy (non-hydrogen) atoms. The fourth-order valence-corrected chi connectivity index (χ4v) is 8.59. The van der Waals surface area contributed by atoms with Crippen LogP contribution in [-0.2, 0) is 23.7 Å². The van der Waals surface area contributed by atoms with Crippen LogP contribution in [0.2, 0.25) is 0 Å². The number of allylic oxidation sites excluding steroid dienone is 14. The van der Waals surface area contributed by atoms with E-state index in [0.717, 1.165) is 77.0 Å². The molecular formula is C62H108O9. The molecule has 0 amide bonds. The Morgan fingerprint density at radius 1 is 0.465 bits per heavy atom. The smallest absolute Gasteiger partial charge is 0.306 e. The summed E-state index contributed by atoms with van der Waals surface area (Å²) in [5.41, 5.74) is 0. The van der Waals surface area contributed by atoms with E-state index in [1.54, 1.807) is 0 Å². The van der Waals surface area contributed by atoms with Crippen molar-refractivity contribution in [3.05, 3.63) is 85.1 Å². The van der Waals surface area contributed by atoms with Gasteiger partial charge >= 0.3 is 5.97 Å². The number of aliphatic hydroxyl groups excluding tert-OH is 4. The summed E-state index contributed by atoms with van der Waals surface area (Å²) in [4.78, 5) is 12.9. The minimum absolute atomic E-state index is 0.129. The first-order valence-electron chi connectivity index (χ1n) is 29.2. The Balaban J connectivity index is 2.19. The first-order valence-corrected chi connectivity index (χ1v) is 29.2. The normalized spacial score (nSPS) is 19.4. The molecule has 1 heterocycles. The highest BCUT2D eigenvalue weighted by Crippen LogP contribution is 2.23. The molecule has 0 spiro atoms. The number of rotatable bonds is 50. The lowest BCUT2D eigenvalue weighted by Crippen LogP contribution is -2.59. The molecule has 6 atom stereocenters. The zero-order valence-electron chi connectivity index (χ0n) is 45.5. The Morgan fingerprint density at radius 2 is 0.859 bits per heavy atom. The van der Waals surface area contributed by atoms with Gasteiger partial charge in [-0.1, -0.05) is 247 Å². The molecule has 0 saturated carbocycles. The van der Waals surface area contributed by atoms with Gasteiger partial charge in [-0.25, -0.2) is 0 Å². The van der Waals surface area contributed by atoms with Crippen LogP contribution in [0.4, 0.5) is 0 Å². The Bertz CT molecular complexity index is 1370. The molecule has 6 unspecified atom stereocenters. The highest BCUT2D eigenvalue weighted by Gasteiger charge is 2.44. The van der Waals surface area contributed by atoms with Crippen LogP contribution in [0.3, 0.4) is 0 Å². The number of hydrogen-bond acceptors (Lipinski definition) is 9. The summed E-state index contributed by atoms with van der Waals surface area (Å²) in [6.45, 7) is 4.43. The molecule has 4 N–H and O–H groups in total. The van der Waals surface area contributed by atoms with Gasteiger partial charge in [0.1, 0.15) is 30.5 Å². The van der Waals surface area contributed by atoms with Crippen LogP contribution in [0.25, 0.3) is 0 Å². The molecule has 1 aliphatic heterocycles. The predicted molar refractivity (Wildman–Crippen MR) is 297 cm³/mol. The van der Waals surface area contributed by atoms with Gasteiger partial charge in [-0.2, -0.15) is 0 Å². The maximum Gasteiger partial charge on any atom is 0.306 e. The van der Waals surface area contributed by atoms with Gasteiger partial charge in [0.25, 0.3) is 0 Å². The van der Waals surface area contributed by atoms with Crippen LogP contribution in [0.5, 0.6) is 0 Å². The topological polar surface area (TPSA) is 135 Å². The van der Waals surface area contributed by atoms with Crippen LogP contribution in [0, 0.1) is 0 Å². The van der Waals surface area contributed by atoms with Crippen LogP contribution >= 0.6 is 0 Å². The summed E-state index contributed by atoms with van der Waals surface area (Å²) in [5, 5.41) is 40.4. The van der Waals surface area contributed by atoms with E-state index in [2.05, 4.69) is 98.9 Å². The van der Waals surface area contributed by atoms with Crippen molar-refractivity contribution in [3.63, 3.8) is 0 Å². The zero-order chi connectivity index (χ0) is 51.3. The standard InChI is InChI=1S/C62H108O9/c1-3-5-7-9-11-13-15-17-19-21-23-25-27-28-29-31-33-35-37-39-41-43-45-47-49-51-58(64)70-56(55-69-62-61(67)60(66)59(65)57(53-63)71-62)54-68-52-50-48-46-44-42-40-38-36-34-32-30-26-24-22-20-18-16-14-12-10-8-6-4-2/h5,7,11,13,17,19,23,25,28-29,33,35,39,41,56-57,59-63,65-67H,3-4,6,8-10,12,14-16,18,20-22,24,26-27,30-32,34,36-38,40,42-55H2,1-2H3/b7-5-,13-11-,19-17-,25-23-,29-28-,35-33-,41-39-. The number of carbonyl (C=O) groups is 1. The van der Waals surface area contributed by atoms with Crippen molar-refractivity contribution < 1.29 is 44.2 Å². The van der Waals surface area contributed by atoms with Gasteiger partial charge in [0, 0.05) is 13.0 Å². The lowest BCUT2D eigenvalue weighted by molar-refractivity contribution is -0.305. The summed E-state index contributed by atoms with van der Waals surface area (Å²) in [7, 11) is 0. The molecule has 0 aromatic rings. The van der Waals surface area contributed by atoms with Gasteiger partial charge in [-0.3, -0.25) is 4.79 Å². The van der Waals surface area contributed by atoms with E-state index in [9.17, 15) is 25.2 Å². The van der Waals surface area contributed by atoms with Crippen molar-refractivity contribution in [2.45, 2.75) is 275 Å². The predicted octanol–water partition coefficient (Wildman–Crippen LogP) is 15.3. The third-order valence-corrected chi connectivity index (χ3v) is 13.1. The second-order valence-corrected chi connectivity index (χ2v) is 19.7. The van der Waals surface area contributed by atoms with Gasteiger partial charge in [-0.05, 0) is 70.6 Å². The van der Waals surface area contributed by atoms with Crippen LogP contribution in [0.1, 0.15) is 239 Å². The maximum atomic E-state index is 12.9. The average Bonchev–Trinajstić information content (AvgIpc) is 3.37. The summed E-state index contributed by atoms with van der Waals surface area (Å²) in [5.74, 6) is -0.344. The van der Waals surface area contributed by atoms with Gasteiger partial charge in [0.15, 0.2) is 6.29 Å². The van der Waals surface area contributed by atoms with E-state index < -0.39 is 43.4 Å². The summed E-state index contributed by atoms with van der Waals surface area (Å²) < 4.78 is 22.9. The van der Waals surface area contributed by atoms with E-state index in [0.29, 0.717) is 13.0 Å². The van der Waals surface area contributed by atoms with Crippen molar-refractivity contribution in [2.75, 3.05) is 26.4 Å². The molecule has 9 heteroatoms. The van der Waals surface area contributed by atoms with E-state index in [1.165, 1.54) is 135 Å². The van der Waals surface area contributed by atoms with E-state index in [-0.39, 0.29) is 25.6 Å². The fourth-order valence-electron chi connectivity index (χ4n) is 8.59. The molecule has 1 aliphatic rings. The van der Waals surface area contributed by atoms with E-state index >= 15 is 0 Å². The van der Waals surface area contributed by atoms with Gasteiger partial charge in [0.2, 0.25) is 0 Å². The third kappa shape index (κ3) is 42.4. The Kier molecular flexibility index (Phi) is 48.8. The Hall–Kier alpha value is -2.63. The molecule has 1 rings (SSSR count). The quantitative estimate of drug-likeness (QED) is 0.0267. The molecule has 9 nitrogen and oxygen atoms in total. The van der Waals surface area contributed by atoms with E-state index in [1.807, 2.05) is 0 Å². The highest BCUT2D eigenvalue weighted by atomic mass is 16.7. The van der Waals surface area contributed by atoms with Crippen molar-refractivity contribution in [3.8, 4) is 0 Å². The fraction of sp³-hybridized carbons (Fsp3) is 0.758. The van der Waals surface area contributed by atoms with Crippen molar-refractivity contribution in [1.82, 2.24) is 0 Å². The first kappa shape index (κ1) is 66.4. The second kappa shape index (κ2) is 52.2. The zero-order valence-corrected chi connectivity index (χ0v) is 45.5. The lowest BCUT2D eigenvalue weighted by atomic mass is 9.99. The minimum atomic E-state index is -1.55. The molecule has 1 saturated heterocycles. The summed E-state index contributed by atoms with van der Waals surface area (Å²) in [6.07, 6.45) is 64.9. The molecule has 0 aromatic heterocycles. The monoisotopic (exact) mass is 997 g/mol. The third-order valence-electron chi connectivity index (χ3n) is 13.1. The van der Waals surface area contributed by atoms with Crippen molar-refractivity contribution >= 4 is 5.97 Å². The number of hydrogen-bond donors (Lipinski definition) is 4. The molecular weight excluding hydrogens is 889 g/mol. The van der Waals surface area contributed by atoms with Gasteiger partial charge < -0.3 is 39.4 Å². The number of aliphatic hydroxyl groups is 4. The Labute approximate surface area is 435 Å². The number of carbonyl (C=O) groups excluding carboxylic acids is 1. The first-order chi connectivity index (χ1) is 34.9. The number of esters is 1. The van der Waals surface area contributed by atoms with Gasteiger partial charge in [0.05, 0.1) is 19.8 Å². The Morgan fingerprint density at radius 3 is 1.28 bits per heavy atom. The SMILES string of the molecule is CC/C=C\C/C=C\C/C=C\C/C=C\C/C=C\C/C=C\C/C=C\CCCCCC(=O)OC(COCCCCCCCCCCCCCCCCCCCCCCCCC)COC1OC(CO)C(O)C(O)C1O. The van der Waals surface area contributed by atoms with Crippen LogP contribution in [-0.4, -0.2) is 89.6 Å². The van der Waals surface area contributed by atoms with Crippen molar-refractivity contribution in [1.29, 1.82) is 0 Å². The average molecular weight is 998 g/mol. The second-order valence-electron chi connectivity index (χ2n) is 19.7. The summed E-state index contributed by atoms with van der Waals surface area (Å²) >= 11 is 0. The van der Waals surface area contributed by atoms with E-state index in [4.69, 9.17) is 18.9 Å². The minimum Gasteiger partial charge on any atom is -0.457 e. The number of ether oxygens (including phenoxy) is 4. The van der Waals surface area contributed by atoms with Crippen molar-refractivity contribution in [2.24, 2.45) is 0 Å². The largest absolute Gasteiger partial charge is 0.457 e. The highest BCUT2D eigenvalue weighted by molar-refractivity contribution is 5.69. The molecule has 0 bridgehead atoms. The van der Waals surface area contributed by atoms with Crippen LogP contribution in [0.15, 0.2) is 85.1 Å². The molecule has 1 fully saturated rings. The molecule has 0 aliphatic carbocycles. The lowest BCUT2D eigenvalue weighted by Gasteiger charge is -2.39. The van der Waals surface area contributed by atoms with Crippen LogP contribution < -0.4 is 0 Å². The molecule has 0 aromatic carbocycles. The van der Waals surface area contributed by atoms with Gasteiger partial charge in [-0.15, -0.1) is 0 Å². The summed E-state index contributed by atoms with van der Waals surface area (Å²) in [6, 6.07) is 0. The maximum absolute atomic E-state index is 12.9. The molecule has 410 valence electrons.